The van der Waals surface area contributed by atoms with Crippen LogP contribution in [-0.4, -0.2) is 35.1 Å². The summed E-state index contributed by atoms with van der Waals surface area (Å²) in [5, 5.41) is 7.02. The molecule has 1 N–H and O–H groups in total. The van der Waals surface area contributed by atoms with Gasteiger partial charge >= 0.3 is 0 Å². The smallest absolute Gasteiger partial charge is 0.230 e. The van der Waals surface area contributed by atoms with Gasteiger partial charge in [-0.25, -0.2) is 0 Å². The van der Waals surface area contributed by atoms with Crippen molar-refractivity contribution < 1.29 is 18.8 Å². The molecular weight excluding hydrogens is 420 g/mol. The summed E-state index contributed by atoms with van der Waals surface area (Å²) in [4.78, 5) is 31.7. The number of rotatable bonds is 7. The Morgan fingerprint density at radius 3 is 2.76 bits per heavy atom. The molecule has 1 saturated heterocycles. The van der Waals surface area contributed by atoms with Crippen LogP contribution in [-0.2, 0) is 9.59 Å². The van der Waals surface area contributed by atoms with Crippen LogP contribution in [0.3, 0.4) is 0 Å². The summed E-state index contributed by atoms with van der Waals surface area (Å²) < 4.78 is 10.9. The van der Waals surface area contributed by atoms with Crippen LogP contribution in [0.1, 0.15) is 44.4 Å². The number of benzene rings is 2. The molecule has 3 aromatic rings. The predicted octanol–water partition coefficient (Wildman–Crippen LogP) is 4.39. The number of hydrogen-bond acceptors (Lipinski definition) is 6. The lowest BCUT2D eigenvalue weighted by atomic mass is 9.85. The van der Waals surface area contributed by atoms with E-state index in [-0.39, 0.29) is 18.2 Å². The van der Waals surface area contributed by atoms with Gasteiger partial charge in [-0.05, 0) is 56.2 Å². The number of nitrogens with zero attached hydrogens (tertiary/aromatic N) is 3. The second kappa shape index (κ2) is 9.05. The second-order valence-electron chi connectivity index (χ2n) is 8.49. The molecule has 8 nitrogen and oxygen atoms in total. The fourth-order valence-corrected chi connectivity index (χ4v) is 4.16. The monoisotopic (exact) mass is 446 g/mol. The number of amides is 2. The lowest BCUT2D eigenvalue weighted by Gasteiger charge is -2.20. The SMILES string of the molecule is CCOc1ccc(NC(=O)[C@@H]2CC(=O)N(c3cccc(-c4noc(C5CCC5)n4)c3)C2)cc1. The number of anilines is 2. The highest BCUT2D eigenvalue weighted by Gasteiger charge is 2.35. The van der Waals surface area contributed by atoms with Crippen LogP contribution >= 0.6 is 0 Å². The molecule has 2 aliphatic rings. The number of aromatic nitrogens is 2. The molecule has 1 aromatic heterocycles. The van der Waals surface area contributed by atoms with E-state index < -0.39 is 5.92 Å². The van der Waals surface area contributed by atoms with Crippen molar-refractivity contribution in [2.75, 3.05) is 23.4 Å². The summed E-state index contributed by atoms with van der Waals surface area (Å²) in [6.07, 6.45) is 3.54. The van der Waals surface area contributed by atoms with E-state index in [1.807, 2.05) is 43.3 Å². The van der Waals surface area contributed by atoms with Crippen LogP contribution in [0.25, 0.3) is 11.4 Å². The van der Waals surface area contributed by atoms with Gasteiger partial charge in [-0.2, -0.15) is 4.98 Å². The molecule has 0 bridgehead atoms. The fourth-order valence-electron chi connectivity index (χ4n) is 4.16. The van der Waals surface area contributed by atoms with E-state index in [0.29, 0.717) is 36.5 Å². The molecule has 1 atom stereocenters. The van der Waals surface area contributed by atoms with Crippen molar-refractivity contribution in [1.29, 1.82) is 0 Å². The average Bonchev–Trinajstić information content (AvgIpc) is 3.41. The zero-order valence-electron chi connectivity index (χ0n) is 18.5. The minimum absolute atomic E-state index is 0.0812. The third-order valence-electron chi connectivity index (χ3n) is 6.24. The summed E-state index contributed by atoms with van der Waals surface area (Å²) in [6.45, 7) is 2.83. The maximum atomic E-state index is 12.8. The number of carbonyl (C=O) groups is 2. The van der Waals surface area contributed by atoms with Gasteiger partial charge in [0.1, 0.15) is 5.75 Å². The summed E-state index contributed by atoms with van der Waals surface area (Å²) in [5.74, 6) is 1.64. The molecule has 8 heteroatoms. The predicted molar refractivity (Wildman–Crippen MR) is 123 cm³/mol. The molecular formula is C25H26N4O4. The van der Waals surface area contributed by atoms with E-state index in [2.05, 4.69) is 15.5 Å². The molecule has 1 aliphatic carbocycles. The van der Waals surface area contributed by atoms with E-state index in [1.165, 1.54) is 6.42 Å². The average molecular weight is 447 g/mol. The Hall–Kier alpha value is -3.68. The number of carbonyl (C=O) groups excluding carboxylic acids is 2. The Bertz CT molecular complexity index is 1150. The Morgan fingerprint density at radius 1 is 1.21 bits per heavy atom. The maximum absolute atomic E-state index is 12.8. The van der Waals surface area contributed by atoms with Crippen LogP contribution in [0, 0.1) is 5.92 Å². The molecule has 1 aliphatic heterocycles. The van der Waals surface area contributed by atoms with Crippen molar-refractivity contribution in [3.63, 3.8) is 0 Å². The first-order chi connectivity index (χ1) is 16.1. The van der Waals surface area contributed by atoms with Gasteiger partial charge in [0, 0.05) is 35.8 Å². The van der Waals surface area contributed by atoms with Gasteiger partial charge in [-0.1, -0.05) is 23.7 Å². The molecule has 33 heavy (non-hydrogen) atoms. The van der Waals surface area contributed by atoms with Crippen molar-refractivity contribution in [3.8, 4) is 17.1 Å². The van der Waals surface area contributed by atoms with E-state index in [4.69, 9.17) is 9.26 Å². The minimum atomic E-state index is -0.428. The summed E-state index contributed by atoms with van der Waals surface area (Å²) >= 11 is 0. The zero-order valence-corrected chi connectivity index (χ0v) is 18.5. The molecule has 1 saturated carbocycles. The van der Waals surface area contributed by atoms with Crippen molar-refractivity contribution in [3.05, 3.63) is 54.4 Å². The van der Waals surface area contributed by atoms with E-state index in [0.717, 1.165) is 29.8 Å². The third kappa shape index (κ3) is 4.46. The van der Waals surface area contributed by atoms with Crippen LogP contribution in [0.4, 0.5) is 11.4 Å². The van der Waals surface area contributed by atoms with E-state index in [9.17, 15) is 9.59 Å². The first kappa shape index (κ1) is 21.2. The standard InChI is InChI=1S/C25H26N4O4/c1-2-32-21-11-9-19(10-12-21)26-24(31)18-14-22(30)29(15-18)20-8-4-7-17(13-20)23-27-25(33-28-23)16-5-3-6-16/h4,7-13,16,18H,2-3,5-6,14-15H2,1H3,(H,26,31)/t18-/m1/s1. The van der Waals surface area contributed by atoms with Crippen molar-refractivity contribution >= 4 is 23.2 Å². The van der Waals surface area contributed by atoms with Crippen LogP contribution in [0.5, 0.6) is 5.75 Å². The van der Waals surface area contributed by atoms with Crippen molar-refractivity contribution in [2.24, 2.45) is 5.92 Å². The Morgan fingerprint density at radius 2 is 2.03 bits per heavy atom. The topological polar surface area (TPSA) is 97.6 Å². The van der Waals surface area contributed by atoms with Gasteiger partial charge in [-0.3, -0.25) is 9.59 Å². The first-order valence-corrected chi connectivity index (χ1v) is 11.4. The highest BCUT2D eigenvalue weighted by atomic mass is 16.5. The molecule has 2 fully saturated rings. The third-order valence-corrected chi connectivity index (χ3v) is 6.24. The first-order valence-electron chi connectivity index (χ1n) is 11.4. The highest BCUT2D eigenvalue weighted by Crippen LogP contribution is 2.36. The normalized spacial score (nSPS) is 18.3. The van der Waals surface area contributed by atoms with Gasteiger partial charge in [0.05, 0.1) is 12.5 Å². The molecule has 0 unspecified atom stereocenters. The Balaban J connectivity index is 1.26. The second-order valence-corrected chi connectivity index (χ2v) is 8.49. The molecule has 0 spiro atoms. The molecule has 2 heterocycles. The van der Waals surface area contributed by atoms with Gasteiger partial charge in [0.25, 0.3) is 0 Å². The van der Waals surface area contributed by atoms with Crippen LogP contribution < -0.4 is 15.0 Å². The van der Waals surface area contributed by atoms with Gasteiger partial charge in [0.15, 0.2) is 0 Å². The number of ether oxygens (including phenoxy) is 1. The molecule has 2 amide bonds. The molecule has 2 aromatic carbocycles. The van der Waals surface area contributed by atoms with E-state index in [1.54, 1.807) is 17.0 Å². The number of nitrogens with one attached hydrogen (secondary N) is 1. The van der Waals surface area contributed by atoms with Gasteiger partial charge < -0.3 is 19.5 Å². The minimum Gasteiger partial charge on any atom is -0.494 e. The quantitative estimate of drug-likeness (QED) is 0.578. The molecule has 170 valence electrons. The van der Waals surface area contributed by atoms with Crippen molar-refractivity contribution in [2.45, 2.75) is 38.5 Å². The largest absolute Gasteiger partial charge is 0.494 e. The highest BCUT2D eigenvalue weighted by molar-refractivity contribution is 6.03. The summed E-state index contributed by atoms with van der Waals surface area (Å²) in [7, 11) is 0. The van der Waals surface area contributed by atoms with Gasteiger partial charge in [-0.15, -0.1) is 0 Å². The fraction of sp³-hybridized carbons (Fsp3) is 0.360. The summed E-state index contributed by atoms with van der Waals surface area (Å²) in [6, 6.07) is 14.7. The lowest BCUT2D eigenvalue weighted by Crippen LogP contribution is -2.28. The Kier molecular flexibility index (Phi) is 5.81. The summed E-state index contributed by atoms with van der Waals surface area (Å²) in [5.41, 5.74) is 2.19. The molecule has 0 radical (unpaired) electrons. The number of hydrogen-bond donors (Lipinski definition) is 1. The zero-order chi connectivity index (χ0) is 22.8. The van der Waals surface area contributed by atoms with Gasteiger partial charge in [0.2, 0.25) is 23.5 Å². The Labute approximate surface area is 191 Å². The lowest BCUT2D eigenvalue weighted by molar-refractivity contribution is -0.122. The van der Waals surface area contributed by atoms with E-state index >= 15 is 0 Å². The van der Waals surface area contributed by atoms with Crippen LogP contribution in [0.2, 0.25) is 0 Å². The maximum Gasteiger partial charge on any atom is 0.230 e. The van der Waals surface area contributed by atoms with Crippen molar-refractivity contribution in [1.82, 2.24) is 10.1 Å². The molecule has 5 rings (SSSR count). The van der Waals surface area contributed by atoms with Crippen LogP contribution in [0.15, 0.2) is 53.1 Å².